The first kappa shape index (κ1) is 21.7. The quantitative estimate of drug-likeness (QED) is 0.458. The lowest BCUT2D eigenvalue weighted by Gasteiger charge is -2.09. The number of carbonyl (C=O) groups is 1. The molecule has 0 unspecified atom stereocenters. The van der Waals surface area contributed by atoms with E-state index >= 15 is 0 Å². The lowest BCUT2D eigenvalue weighted by atomic mass is 10.1. The molecule has 0 aliphatic heterocycles. The molecule has 2 heterocycles. The zero-order valence-corrected chi connectivity index (χ0v) is 18.6. The zero-order valence-electron chi connectivity index (χ0n) is 16.2. The van der Waals surface area contributed by atoms with E-state index < -0.39 is 15.7 Å². The predicted molar refractivity (Wildman–Crippen MR) is 115 cm³/mol. The van der Waals surface area contributed by atoms with Crippen LogP contribution in [0.25, 0.3) is 11.8 Å². The van der Waals surface area contributed by atoms with Gasteiger partial charge in [-0.3, -0.25) is 10.1 Å². The van der Waals surface area contributed by atoms with Gasteiger partial charge < -0.3 is 4.57 Å². The Balaban J connectivity index is 1.90. The van der Waals surface area contributed by atoms with Crippen molar-refractivity contribution in [3.63, 3.8) is 0 Å². The van der Waals surface area contributed by atoms with Crippen molar-refractivity contribution < 1.29 is 13.2 Å². The SMILES string of the molecule is Cc1cc(C=C(C#N)C(=O)Nc2nc(S(C)(=O)=O)ns2)c(C)n1-c1ccc(Cl)cc1. The van der Waals surface area contributed by atoms with Crippen LogP contribution in [-0.4, -0.2) is 34.5 Å². The number of rotatable bonds is 5. The van der Waals surface area contributed by atoms with Gasteiger partial charge >= 0.3 is 0 Å². The fourth-order valence-electron chi connectivity index (χ4n) is 2.80. The molecule has 0 aliphatic carbocycles. The number of sulfone groups is 1. The summed E-state index contributed by atoms with van der Waals surface area (Å²) >= 11 is 6.68. The van der Waals surface area contributed by atoms with Gasteiger partial charge in [0.25, 0.3) is 11.1 Å². The number of aryl methyl sites for hydroxylation is 1. The number of hydrogen-bond acceptors (Lipinski definition) is 7. The monoisotopic (exact) mass is 461 g/mol. The van der Waals surface area contributed by atoms with Crippen molar-refractivity contribution in [3.8, 4) is 11.8 Å². The van der Waals surface area contributed by atoms with Crippen LogP contribution < -0.4 is 5.32 Å². The number of benzene rings is 1. The van der Waals surface area contributed by atoms with Gasteiger partial charge in [0.15, 0.2) is 0 Å². The van der Waals surface area contributed by atoms with Gasteiger partial charge in [-0.15, -0.1) is 0 Å². The fourth-order valence-corrected chi connectivity index (χ4v) is 4.37. The summed E-state index contributed by atoms with van der Waals surface area (Å²) in [5.74, 6) is -0.704. The first-order valence-electron chi connectivity index (χ1n) is 8.52. The molecule has 154 valence electrons. The van der Waals surface area contributed by atoms with E-state index in [9.17, 15) is 18.5 Å². The lowest BCUT2D eigenvalue weighted by molar-refractivity contribution is -0.112. The topological polar surface area (TPSA) is 118 Å². The highest BCUT2D eigenvalue weighted by atomic mass is 35.5. The summed E-state index contributed by atoms with van der Waals surface area (Å²) in [4.78, 5) is 16.2. The second-order valence-electron chi connectivity index (χ2n) is 6.42. The van der Waals surface area contributed by atoms with E-state index in [0.717, 1.165) is 34.9 Å². The molecule has 0 saturated carbocycles. The largest absolute Gasteiger partial charge is 0.318 e. The lowest BCUT2D eigenvalue weighted by Crippen LogP contribution is -2.13. The minimum absolute atomic E-state index is 0.00629. The van der Waals surface area contributed by atoms with Crippen LogP contribution in [0.15, 0.2) is 41.1 Å². The maximum atomic E-state index is 12.5. The minimum Gasteiger partial charge on any atom is -0.318 e. The van der Waals surface area contributed by atoms with Gasteiger partial charge in [0.05, 0.1) is 0 Å². The molecule has 3 rings (SSSR count). The van der Waals surface area contributed by atoms with Crippen LogP contribution in [0.5, 0.6) is 0 Å². The van der Waals surface area contributed by atoms with E-state index in [-0.39, 0.29) is 15.9 Å². The third-order valence-corrected chi connectivity index (χ3v) is 6.02. The fraction of sp³-hybridized carbons (Fsp3) is 0.158. The molecule has 11 heteroatoms. The van der Waals surface area contributed by atoms with Crippen LogP contribution in [0, 0.1) is 25.2 Å². The maximum absolute atomic E-state index is 12.5. The molecular weight excluding hydrogens is 446 g/mol. The Morgan fingerprint density at radius 1 is 1.30 bits per heavy atom. The Labute approximate surface area is 182 Å². The summed E-state index contributed by atoms with van der Waals surface area (Å²) in [5.41, 5.74) is 3.20. The van der Waals surface area contributed by atoms with Crippen molar-refractivity contribution in [1.29, 1.82) is 5.26 Å². The number of nitriles is 1. The third kappa shape index (κ3) is 4.59. The van der Waals surface area contributed by atoms with Gasteiger partial charge in [-0.25, -0.2) is 8.42 Å². The maximum Gasteiger partial charge on any atom is 0.268 e. The number of halogens is 1. The molecule has 30 heavy (non-hydrogen) atoms. The van der Waals surface area contributed by atoms with E-state index in [1.54, 1.807) is 12.1 Å². The number of nitrogens with one attached hydrogen (secondary N) is 1. The van der Waals surface area contributed by atoms with Crippen LogP contribution in [0.1, 0.15) is 17.0 Å². The molecule has 0 spiro atoms. The number of anilines is 1. The number of nitrogens with zero attached hydrogens (tertiary/aromatic N) is 4. The molecule has 1 aromatic carbocycles. The Morgan fingerprint density at radius 2 is 1.97 bits per heavy atom. The Kier molecular flexibility index (Phi) is 6.07. The van der Waals surface area contributed by atoms with E-state index in [4.69, 9.17) is 11.6 Å². The normalized spacial score (nSPS) is 11.9. The van der Waals surface area contributed by atoms with E-state index in [2.05, 4.69) is 14.7 Å². The van der Waals surface area contributed by atoms with Crippen LogP contribution in [-0.2, 0) is 14.6 Å². The number of carbonyl (C=O) groups excluding carboxylic acids is 1. The molecule has 0 fully saturated rings. The van der Waals surface area contributed by atoms with Gasteiger partial charge in [-0.05, 0) is 55.8 Å². The van der Waals surface area contributed by atoms with Crippen molar-refractivity contribution in [2.75, 3.05) is 11.6 Å². The van der Waals surface area contributed by atoms with Crippen LogP contribution >= 0.6 is 23.1 Å². The first-order chi connectivity index (χ1) is 14.1. The highest BCUT2D eigenvalue weighted by molar-refractivity contribution is 7.90. The van der Waals surface area contributed by atoms with E-state index in [1.807, 2.05) is 42.7 Å². The van der Waals surface area contributed by atoms with Gasteiger partial charge in [0.1, 0.15) is 11.6 Å². The van der Waals surface area contributed by atoms with E-state index in [0.29, 0.717) is 10.6 Å². The molecule has 2 aromatic heterocycles. The summed E-state index contributed by atoms with van der Waals surface area (Å²) < 4.78 is 28.6. The molecule has 0 bridgehead atoms. The molecule has 3 aromatic rings. The summed E-state index contributed by atoms with van der Waals surface area (Å²) in [7, 11) is -3.58. The highest BCUT2D eigenvalue weighted by Crippen LogP contribution is 2.24. The van der Waals surface area contributed by atoms with Crippen LogP contribution in [0.4, 0.5) is 5.13 Å². The molecule has 0 aliphatic rings. The Hall–Kier alpha value is -3.00. The Bertz CT molecular complexity index is 1300. The van der Waals surface area contributed by atoms with Gasteiger partial charge in [-0.1, -0.05) is 11.6 Å². The Morgan fingerprint density at radius 3 is 2.53 bits per heavy atom. The summed E-state index contributed by atoms with van der Waals surface area (Å²) in [6.45, 7) is 3.79. The summed E-state index contributed by atoms with van der Waals surface area (Å²) in [6, 6.07) is 11.1. The molecule has 0 saturated heterocycles. The second kappa shape index (κ2) is 8.39. The summed E-state index contributed by atoms with van der Waals surface area (Å²) in [5, 5.41) is 12.1. The predicted octanol–water partition coefficient (Wildman–Crippen LogP) is 3.55. The average molecular weight is 462 g/mol. The van der Waals surface area contributed by atoms with Crippen molar-refractivity contribution in [2.24, 2.45) is 0 Å². The molecule has 0 radical (unpaired) electrons. The van der Waals surface area contributed by atoms with E-state index in [1.165, 1.54) is 6.08 Å². The molecule has 0 atom stereocenters. The average Bonchev–Trinajstić information content (AvgIpc) is 3.25. The second-order valence-corrected chi connectivity index (χ2v) is 9.51. The molecular formula is C19H16ClN5O3S2. The standard InChI is InChI=1S/C19H16ClN5O3S2/c1-11-8-13(12(2)25(11)16-6-4-15(20)5-7-16)9-14(10-21)17(26)22-18-23-19(24-29-18)30(3,27)28/h4-9H,1-3H3,(H,22,23,24,26). The third-order valence-electron chi connectivity index (χ3n) is 4.18. The van der Waals surface area contributed by atoms with Gasteiger partial charge in [-0.2, -0.15) is 14.6 Å². The van der Waals surface area contributed by atoms with Gasteiger partial charge in [0.2, 0.25) is 15.0 Å². The first-order valence-corrected chi connectivity index (χ1v) is 11.6. The number of hydrogen-bond donors (Lipinski definition) is 1. The van der Waals surface area contributed by atoms with Crippen molar-refractivity contribution in [3.05, 3.63) is 57.9 Å². The highest BCUT2D eigenvalue weighted by Gasteiger charge is 2.18. The van der Waals surface area contributed by atoms with Gasteiger partial charge in [0, 0.05) is 39.9 Å². The smallest absolute Gasteiger partial charge is 0.268 e. The van der Waals surface area contributed by atoms with Crippen molar-refractivity contribution in [1.82, 2.24) is 13.9 Å². The summed E-state index contributed by atoms with van der Waals surface area (Å²) in [6.07, 6.45) is 2.44. The van der Waals surface area contributed by atoms with Crippen LogP contribution in [0.2, 0.25) is 5.02 Å². The number of amides is 1. The van der Waals surface area contributed by atoms with Crippen molar-refractivity contribution >= 4 is 50.1 Å². The minimum atomic E-state index is -3.58. The van der Waals surface area contributed by atoms with Crippen molar-refractivity contribution in [2.45, 2.75) is 19.0 Å². The zero-order chi connectivity index (χ0) is 22.1. The molecule has 8 nitrogen and oxygen atoms in total. The molecule has 1 N–H and O–H groups in total. The van der Waals surface area contributed by atoms with Crippen LogP contribution in [0.3, 0.4) is 0 Å². The number of aromatic nitrogens is 3. The molecule has 1 amide bonds.